The van der Waals surface area contributed by atoms with Gasteiger partial charge in [-0.1, -0.05) is 36.4 Å². The van der Waals surface area contributed by atoms with Crippen LogP contribution in [0.1, 0.15) is 50.4 Å². The van der Waals surface area contributed by atoms with Crippen LogP contribution in [0, 0.1) is 6.92 Å². The molecule has 0 spiro atoms. The van der Waals surface area contributed by atoms with Gasteiger partial charge in [0.25, 0.3) is 0 Å². The number of aryl methyl sites for hydroxylation is 1. The third kappa shape index (κ3) is 5.31. The van der Waals surface area contributed by atoms with Gasteiger partial charge in [-0.25, -0.2) is 4.98 Å². The number of aromatic nitrogens is 2. The van der Waals surface area contributed by atoms with Crippen LogP contribution in [0.15, 0.2) is 60.7 Å². The normalized spacial score (nSPS) is 12.6. The molecule has 2 heterocycles. The number of carbonyl (C=O) groups excluding carboxylic acids is 2. The van der Waals surface area contributed by atoms with Gasteiger partial charge in [-0.05, 0) is 42.3 Å². The largest absolute Gasteiger partial charge is 0.449 e. The van der Waals surface area contributed by atoms with Crippen LogP contribution in [0.2, 0.25) is 0 Å². The van der Waals surface area contributed by atoms with E-state index in [9.17, 15) is 22.8 Å². The first-order valence-electron chi connectivity index (χ1n) is 10.2. The molecule has 2 aromatic carbocycles. The summed E-state index contributed by atoms with van der Waals surface area (Å²) in [5, 5.41) is 2.92. The number of rotatable bonds is 7. The smallest absolute Gasteiger partial charge is 0.345 e. The van der Waals surface area contributed by atoms with Crippen molar-refractivity contribution in [2.45, 2.75) is 32.0 Å². The molecule has 0 radical (unpaired) electrons. The van der Waals surface area contributed by atoms with Crippen LogP contribution in [0.25, 0.3) is 11.0 Å². The summed E-state index contributed by atoms with van der Waals surface area (Å²) in [4.78, 5) is 32.6. The van der Waals surface area contributed by atoms with E-state index in [4.69, 9.17) is 0 Å². The molecule has 0 saturated heterocycles. The van der Waals surface area contributed by atoms with Crippen molar-refractivity contribution in [2.24, 2.45) is 0 Å². The number of carbonyl (C=O) groups is 2. The maximum atomic E-state index is 13.0. The highest BCUT2D eigenvalue weighted by Gasteiger charge is 2.34. The Balaban J connectivity index is 1.55. The van der Waals surface area contributed by atoms with Gasteiger partial charge < -0.3 is 10.3 Å². The molecule has 2 aromatic heterocycles. The maximum Gasteiger partial charge on any atom is 0.449 e. The minimum atomic E-state index is -4.58. The third-order valence-corrected chi connectivity index (χ3v) is 6.18. The lowest BCUT2D eigenvalue weighted by atomic mass is 9.98. The molecule has 2 N–H and O–H groups in total. The second-order valence-electron chi connectivity index (χ2n) is 7.60. The highest BCUT2D eigenvalue weighted by molar-refractivity contribution is 7.14. The number of amides is 1. The molecular formula is C24H20F3N3O2S. The first-order valence-corrected chi connectivity index (χ1v) is 11.0. The number of nitrogens with zero attached hydrogens (tertiary/aromatic N) is 1. The van der Waals surface area contributed by atoms with Gasteiger partial charge in [-0.3, -0.25) is 9.59 Å². The summed E-state index contributed by atoms with van der Waals surface area (Å²) in [5.74, 6) is -1.50. The van der Waals surface area contributed by atoms with Crippen molar-refractivity contribution in [1.82, 2.24) is 15.3 Å². The number of hydrogen-bond donors (Lipinski definition) is 2. The van der Waals surface area contributed by atoms with E-state index in [2.05, 4.69) is 15.3 Å². The Hall–Kier alpha value is -3.46. The lowest BCUT2D eigenvalue weighted by molar-refractivity contribution is -0.144. The molecule has 5 nitrogen and oxygen atoms in total. The molecule has 0 aliphatic heterocycles. The number of thiophene rings is 1. The second-order valence-corrected chi connectivity index (χ2v) is 8.89. The number of ketones is 1. The summed E-state index contributed by atoms with van der Waals surface area (Å²) in [7, 11) is 0. The molecule has 1 unspecified atom stereocenters. The van der Waals surface area contributed by atoms with Gasteiger partial charge in [0.15, 0.2) is 5.78 Å². The number of Topliss-reactive ketones (excluding diaryl/α,β-unsaturated/α-hetero) is 1. The molecule has 170 valence electrons. The number of hydrogen-bond acceptors (Lipinski definition) is 4. The Morgan fingerprint density at radius 3 is 2.45 bits per heavy atom. The summed E-state index contributed by atoms with van der Waals surface area (Å²) < 4.78 is 39.1. The highest BCUT2D eigenvalue weighted by atomic mass is 32.1. The van der Waals surface area contributed by atoms with Gasteiger partial charge in [0.2, 0.25) is 11.7 Å². The zero-order valence-corrected chi connectivity index (χ0v) is 18.4. The predicted octanol–water partition coefficient (Wildman–Crippen LogP) is 5.82. The average Bonchev–Trinajstić information content (AvgIpc) is 3.42. The van der Waals surface area contributed by atoms with Crippen LogP contribution < -0.4 is 5.32 Å². The zero-order chi connectivity index (χ0) is 23.6. The monoisotopic (exact) mass is 471 g/mol. The number of nitrogens with one attached hydrogen (secondary N) is 2. The molecule has 0 aliphatic carbocycles. The lowest BCUT2D eigenvalue weighted by Gasteiger charge is -2.20. The summed E-state index contributed by atoms with van der Waals surface area (Å²) in [6.07, 6.45) is -4.51. The number of aromatic amines is 1. The van der Waals surface area contributed by atoms with Gasteiger partial charge >= 0.3 is 6.18 Å². The quantitative estimate of drug-likeness (QED) is 0.334. The average molecular weight is 472 g/mol. The van der Waals surface area contributed by atoms with E-state index >= 15 is 0 Å². The van der Waals surface area contributed by atoms with Gasteiger partial charge in [0.1, 0.15) is 0 Å². The molecule has 0 saturated carbocycles. The Morgan fingerprint density at radius 2 is 1.79 bits per heavy atom. The first kappa shape index (κ1) is 22.7. The second kappa shape index (κ2) is 9.19. The molecule has 0 fully saturated rings. The van der Waals surface area contributed by atoms with E-state index in [1.54, 1.807) is 18.2 Å². The predicted molar refractivity (Wildman–Crippen MR) is 120 cm³/mol. The summed E-state index contributed by atoms with van der Waals surface area (Å²) in [5.41, 5.74) is 1.76. The molecule has 0 bridgehead atoms. The Morgan fingerprint density at radius 1 is 1.03 bits per heavy atom. The number of fused-ring (bicyclic) bond motifs is 1. The van der Waals surface area contributed by atoms with Gasteiger partial charge in [-0.15, -0.1) is 11.3 Å². The topological polar surface area (TPSA) is 74.8 Å². The van der Waals surface area contributed by atoms with E-state index in [1.807, 2.05) is 43.3 Å². The van der Waals surface area contributed by atoms with E-state index in [1.165, 1.54) is 17.4 Å². The Labute approximate surface area is 191 Å². The van der Waals surface area contributed by atoms with Gasteiger partial charge in [0.05, 0.1) is 22.0 Å². The molecule has 0 aliphatic rings. The zero-order valence-electron chi connectivity index (χ0n) is 17.6. The van der Waals surface area contributed by atoms with Crippen molar-refractivity contribution in [2.75, 3.05) is 0 Å². The minimum absolute atomic E-state index is 0.00361. The van der Waals surface area contributed by atoms with Gasteiger partial charge in [0, 0.05) is 17.7 Å². The number of benzene rings is 2. The number of halogens is 3. The minimum Gasteiger partial charge on any atom is -0.345 e. The third-order valence-electron chi connectivity index (χ3n) is 5.14. The van der Waals surface area contributed by atoms with Crippen molar-refractivity contribution >= 4 is 34.1 Å². The molecule has 33 heavy (non-hydrogen) atoms. The van der Waals surface area contributed by atoms with Crippen LogP contribution in [0.5, 0.6) is 0 Å². The Kier molecular flexibility index (Phi) is 6.33. The number of imidazole rings is 1. The van der Waals surface area contributed by atoms with Crippen LogP contribution in [0.3, 0.4) is 0 Å². The SMILES string of the molecule is Cc1ccc(C(=O)CCC(=O)NC(c2ccccc2)c2ccc3nc(C(F)(F)F)[nH]c3c2)s1. The maximum absolute atomic E-state index is 13.0. The molecule has 1 atom stereocenters. The molecule has 4 rings (SSSR count). The van der Waals surface area contributed by atoms with Crippen LogP contribution in [-0.4, -0.2) is 21.7 Å². The Bertz CT molecular complexity index is 1300. The molecule has 4 aromatic rings. The lowest BCUT2D eigenvalue weighted by Crippen LogP contribution is -2.29. The van der Waals surface area contributed by atoms with E-state index in [0.29, 0.717) is 10.4 Å². The van der Waals surface area contributed by atoms with Crippen molar-refractivity contribution in [3.8, 4) is 0 Å². The summed E-state index contributed by atoms with van der Waals surface area (Å²) in [6.45, 7) is 1.91. The van der Waals surface area contributed by atoms with E-state index in [-0.39, 0.29) is 35.6 Å². The summed E-state index contributed by atoms with van der Waals surface area (Å²) in [6, 6.07) is 16.8. The highest BCUT2D eigenvalue weighted by Crippen LogP contribution is 2.30. The fourth-order valence-corrected chi connectivity index (χ4v) is 4.35. The summed E-state index contributed by atoms with van der Waals surface area (Å²) >= 11 is 1.39. The number of alkyl halides is 3. The fraction of sp³-hybridized carbons (Fsp3) is 0.208. The number of H-pyrrole nitrogens is 1. The van der Waals surface area contributed by atoms with Crippen molar-refractivity contribution in [3.05, 3.63) is 87.4 Å². The van der Waals surface area contributed by atoms with E-state index < -0.39 is 18.0 Å². The standard InChI is InChI=1S/C24H20F3N3O2S/c1-14-7-11-20(33-14)19(31)10-12-21(32)30-22(15-5-3-2-4-6-15)16-8-9-17-18(13-16)29-23(28-17)24(25,26)27/h2-9,11,13,22H,10,12H2,1H3,(H,28,29)(H,30,32). The van der Waals surface area contributed by atoms with Gasteiger partial charge in [-0.2, -0.15) is 13.2 Å². The van der Waals surface area contributed by atoms with Crippen molar-refractivity contribution in [3.63, 3.8) is 0 Å². The molecule has 9 heteroatoms. The van der Waals surface area contributed by atoms with Crippen molar-refractivity contribution < 1.29 is 22.8 Å². The van der Waals surface area contributed by atoms with Crippen LogP contribution >= 0.6 is 11.3 Å². The first-order chi connectivity index (χ1) is 15.7. The van der Waals surface area contributed by atoms with Crippen LogP contribution in [-0.2, 0) is 11.0 Å². The van der Waals surface area contributed by atoms with E-state index in [0.717, 1.165) is 10.4 Å². The molecular weight excluding hydrogens is 451 g/mol. The fourth-order valence-electron chi connectivity index (χ4n) is 3.51. The molecule has 1 amide bonds. The van der Waals surface area contributed by atoms with Crippen molar-refractivity contribution in [1.29, 1.82) is 0 Å². The van der Waals surface area contributed by atoms with Crippen LogP contribution in [0.4, 0.5) is 13.2 Å².